The van der Waals surface area contributed by atoms with Crippen LogP contribution >= 0.6 is 0 Å². The molecule has 0 aliphatic carbocycles. The van der Waals surface area contributed by atoms with E-state index in [0.717, 1.165) is 15.4 Å². The number of imide groups is 3. The highest BCUT2D eigenvalue weighted by Crippen LogP contribution is 2.36. The number of piperidine rings is 2. The fraction of sp³-hybridized carbons (Fsp3) is 0.214. The number of amides is 7. The summed E-state index contributed by atoms with van der Waals surface area (Å²) in [5, 5.41) is 4.80. The van der Waals surface area contributed by atoms with Gasteiger partial charge >= 0.3 is 0 Å². The molecule has 2 unspecified atom stereocenters. The Balaban J connectivity index is 0.000000184. The van der Waals surface area contributed by atoms with E-state index in [0.29, 0.717) is 43.1 Å². The van der Waals surface area contributed by atoms with Gasteiger partial charge in [0, 0.05) is 18.5 Å². The van der Waals surface area contributed by atoms with Crippen LogP contribution in [0.3, 0.4) is 0 Å². The zero-order valence-corrected chi connectivity index (χ0v) is 28.9. The molecule has 7 amide bonds. The van der Waals surface area contributed by atoms with Crippen molar-refractivity contribution in [2.45, 2.75) is 51.6 Å². The molecular weight excluding hydrogens is 704 g/mol. The Kier molecular flexibility index (Phi) is 11.0. The van der Waals surface area contributed by atoms with Crippen LogP contribution in [0.1, 0.15) is 80.1 Å². The molecule has 55 heavy (non-hydrogen) atoms. The third kappa shape index (κ3) is 7.49. The first-order valence-electron chi connectivity index (χ1n) is 17.4. The minimum atomic E-state index is -0.996. The average Bonchev–Trinajstić information content (AvgIpc) is 3.57. The quantitative estimate of drug-likeness (QED) is 0.230. The van der Waals surface area contributed by atoms with Crippen molar-refractivity contribution in [1.29, 1.82) is 0 Å². The van der Waals surface area contributed by atoms with Gasteiger partial charge in [0.2, 0.25) is 17.7 Å². The monoisotopic (exact) mass is 742 g/mol. The standard InChI is InChI=1S/C22H20N2O4.C19H14N2O5.CH4/c1-14-10-11-17(20(25)23-14)24-21(26)16-8-5-9-18(19(16)22(24)27)28-13-12-15-6-3-2-4-7-15;22-15-10-9-13(17(23)20-15)21-18(24)12-7-4-8-14(16(12)19(21)25)26-11-5-2-1-3-6-11;/h2-9,17H,1,10-13H2,(H,23,25);1-8,13H,9-10H2,(H,20,22,23);1H4. The van der Waals surface area contributed by atoms with Gasteiger partial charge < -0.3 is 14.8 Å². The van der Waals surface area contributed by atoms with E-state index in [2.05, 4.69) is 17.2 Å². The summed E-state index contributed by atoms with van der Waals surface area (Å²) in [6.45, 7) is 4.12. The minimum absolute atomic E-state index is 0. The molecule has 2 atom stereocenters. The molecule has 4 aromatic carbocycles. The van der Waals surface area contributed by atoms with Gasteiger partial charge in [-0.05, 0) is 61.2 Å². The first-order chi connectivity index (χ1) is 26.1. The Morgan fingerprint density at radius 3 is 1.71 bits per heavy atom. The SMILES string of the molecule is C.C=C1CCC(N2C(=O)c3cccc(OCCc4ccccc4)c3C2=O)C(=O)N1.O=C1CCC(N2C(=O)c3cccc(Oc4ccccc4)c3C2=O)C(=O)N1. The highest BCUT2D eigenvalue weighted by atomic mass is 16.5. The topological polar surface area (TPSA) is 168 Å². The van der Waals surface area contributed by atoms with Crippen LogP contribution < -0.4 is 20.1 Å². The second kappa shape index (κ2) is 16.0. The lowest BCUT2D eigenvalue weighted by atomic mass is 10.0. The second-order valence-electron chi connectivity index (χ2n) is 12.9. The molecule has 2 saturated heterocycles. The van der Waals surface area contributed by atoms with Crippen LogP contribution in [-0.2, 0) is 20.8 Å². The van der Waals surface area contributed by atoms with Crippen molar-refractivity contribution in [2.24, 2.45) is 0 Å². The van der Waals surface area contributed by atoms with Crippen LogP contribution in [0.5, 0.6) is 17.2 Å². The minimum Gasteiger partial charge on any atom is -0.492 e. The third-order valence-corrected chi connectivity index (χ3v) is 9.43. The van der Waals surface area contributed by atoms with E-state index in [9.17, 15) is 33.6 Å². The Hall–Kier alpha value is -6.89. The number of benzene rings is 4. The maximum atomic E-state index is 13.0. The molecule has 0 radical (unpaired) electrons. The number of carbonyl (C=O) groups is 7. The number of para-hydroxylation sites is 1. The van der Waals surface area contributed by atoms with Gasteiger partial charge in [-0.25, -0.2) is 0 Å². The van der Waals surface area contributed by atoms with E-state index < -0.39 is 47.5 Å². The number of carbonyl (C=O) groups excluding carboxylic acids is 7. The number of ether oxygens (including phenoxy) is 2. The van der Waals surface area contributed by atoms with E-state index in [-0.39, 0.29) is 54.2 Å². The molecule has 0 saturated carbocycles. The van der Waals surface area contributed by atoms with E-state index in [1.807, 2.05) is 36.4 Å². The van der Waals surface area contributed by atoms with Crippen molar-refractivity contribution in [2.75, 3.05) is 6.61 Å². The predicted molar refractivity (Wildman–Crippen MR) is 199 cm³/mol. The van der Waals surface area contributed by atoms with E-state index >= 15 is 0 Å². The normalized spacial score (nSPS) is 18.8. The molecule has 2 fully saturated rings. The number of nitrogens with one attached hydrogen (secondary N) is 2. The van der Waals surface area contributed by atoms with E-state index in [1.165, 1.54) is 6.07 Å². The molecule has 13 nitrogen and oxygen atoms in total. The van der Waals surface area contributed by atoms with E-state index in [4.69, 9.17) is 9.47 Å². The molecule has 0 spiro atoms. The lowest BCUT2D eigenvalue weighted by Crippen LogP contribution is -2.54. The molecule has 13 heteroatoms. The van der Waals surface area contributed by atoms with Crippen LogP contribution in [0, 0.1) is 0 Å². The molecule has 0 bridgehead atoms. The molecule has 4 heterocycles. The van der Waals surface area contributed by atoms with Gasteiger partial charge in [-0.15, -0.1) is 0 Å². The largest absolute Gasteiger partial charge is 0.492 e. The van der Waals surface area contributed by atoms with Gasteiger partial charge in [-0.1, -0.05) is 74.7 Å². The lowest BCUT2D eigenvalue weighted by molar-refractivity contribution is -0.136. The first kappa shape index (κ1) is 37.9. The van der Waals surface area contributed by atoms with Gasteiger partial charge in [0.1, 0.15) is 29.3 Å². The Bertz CT molecular complexity index is 2220. The molecule has 280 valence electrons. The second-order valence-corrected chi connectivity index (χ2v) is 12.9. The Morgan fingerprint density at radius 1 is 0.600 bits per heavy atom. The summed E-state index contributed by atoms with van der Waals surface area (Å²) in [5.41, 5.74) is 2.55. The van der Waals surface area contributed by atoms with Gasteiger partial charge in [-0.2, -0.15) is 0 Å². The molecular formula is C42H38N4O9. The number of nitrogens with zero attached hydrogens (tertiary/aromatic N) is 2. The Morgan fingerprint density at radius 2 is 1.13 bits per heavy atom. The van der Waals surface area contributed by atoms with Crippen LogP contribution in [0.25, 0.3) is 0 Å². The molecule has 8 rings (SSSR count). The number of hydrogen-bond acceptors (Lipinski definition) is 9. The maximum absolute atomic E-state index is 13.0. The first-order valence-corrected chi connectivity index (χ1v) is 17.4. The number of fused-ring (bicyclic) bond motifs is 2. The number of rotatable bonds is 8. The summed E-state index contributed by atoms with van der Waals surface area (Å²) in [5.74, 6) is -2.36. The molecule has 4 aromatic rings. The Labute approximate surface area is 316 Å². The van der Waals surface area contributed by atoms with Crippen LogP contribution in [-0.4, -0.2) is 69.8 Å². The van der Waals surface area contributed by atoms with Gasteiger partial charge in [-0.3, -0.25) is 48.7 Å². The van der Waals surface area contributed by atoms with Crippen molar-refractivity contribution < 1.29 is 43.0 Å². The molecule has 2 N–H and O–H groups in total. The fourth-order valence-corrected chi connectivity index (χ4v) is 6.79. The summed E-state index contributed by atoms with van der Waals surface area (Å²) in [6.07, 6.45) is 1.79. The number of hydrogen-bond donors (Lipinski definition) is 2. The lowest BCUT2D eigenvalue weighted by Gasteiger charge is -2.29. The zero-order chi connectivity index (χ0) is 37.9. The fourth-order valence-electron chi connectivity index (χ4n) is 6.79. The van der Waals surface area contributed by atoms with Crippen molar-refractivity contribution >= 4 is 41.4 Å². The predicted octanol–water partition coefficient (Wildman–Crippen LogP) is 5.21. The summed E-state index contributed by atoms with van der Waals surface area (Å²) in [7, 11) is 0. The smallest absolute Gasteiger partial charge is 0.266 e. The van der Waals surface area contributed by atoms with Crippen LogP contribution in [0.2, 0.25) is 0 Å². The average molecular weight is 743 g/mol. The summed E-state index contributed by atoms with van der Waals surface area (Å²) in [4.78, 5) is 89.2. The van der Waals surface area contributed by atoms with Gasteiger partial charge in [0.25, 0.3) is 23.6 Å². The van der Waals surface area contributed by atoms with Crippen molar-refractivity contribution in [3.63, 3.8) is 0 Å². The van der Waals surface area contributed by atoms with Gasteiger partial charge in [0.05, 0.1) is 28.9 Å². The van der Waals surface area contributed by atoms with Crippen LogP contribution in [0.15, 0.2) is 109 Å². The molecule has 4 aliphatic rings. The summed E-state index contributed by atoms with van der Waals surface area (Å²) in [6, 6.07) is 26.7. The molecule has 0 aromatic heterocycles. The van der Waals surface area contributed by atoms with Crippen LogP contribution in [0.4, 0.5) is 0 Å². The summed E-state index contributed by atoms with van der Waals surface area (Å²) < 4.78 is 11.6. The van der Waals surface area contributed by atoms with Gasteiger partial charge in [0.15, 0.2) is 0 Å². The molecule has 4 aliphatic heterocycles. The van der Waals surface area contributed by atoms with Crippen molar-refractivity contribution in [3.8, 4) is 17.2 Å². The van der Waals surface area contributed by atoms with Crippen molar-refractivity contribution in [1.82, 2.24) is 20.4 Å². The zero-order valence-electron chi connectivity index (χ0n) is 28.9. The highest BCUT2D eigenvalue weighted by Gasteiger charge is 2.47. The number of allylic oxidation sites excluding steroid dienone is 1. The highest BCUT2D eigenvalue weighted by molar-refractivity contribution is 6.25. The van der Waals surface area contributed by atoms with Crippen molar-refractivity contribution in [3.05, 3.63) is 137 Å². The third-order valence-electron chi connectivity index (χ3n) is 9.43. The maximum Gasteiger partial charge on any atom is 0.266 e. The summed E-state index contributed by atoms with van der Waals surface area (Å²) >= 11 is 0. The van der Waals surface area contributed by atoms with E-state index in [1.54, 1.807) is 54.6 Å².